The lowest BCUT2D eigenvalue weighted by atomic mass is 10.1. The molecule has 214 valence electrons. The first-order chi connectivity index (χ1) is 18.7. The molecule has 3 aromatic carbocycles. The first-order valence-electron chi connectivity index (χ1n) is 13.2. The van der Waals surface area contributed by atoms with Crippen molar-refractivity contribution >= 4 is 39.1 Å². The quantitative estimate of drug-likeness (QED) is 0.323. The molecule has 9 heteroatoms. The molecule has 0 saturated carbocycles. The van der Waals surface area contributed by atoms with Crippen molar-refractivity contribution < 1.29 is 18.0 Å². The van der Waals surface area contributed by atoms with Gasteiger partial charge in [0.25, 0.3) is 10.0 Å². The summed E-state index contributed by atoms with van der Waals surface area (Å²) in [6, 6.07) is 19.5. The second-order valence-corrected chi connectivity index (χ2v) is 13.2. The summed E-state index contributed by atoms with van der Waals surface area (Å²) in [5, 5.41) is 3.52. The molecule has 3 aromatic rings. The Labute approximate surface area is 243 Å². The van der Waals surface area contributed by atoms with Crippen molar-refractivity contribution in [1.29, 1.82) is 0 Å². The molecule has 2 amide bonds. The van der Waals surface area contributed by atoms with Crippen molar-refractivity contribution in [2.45, 2.75) is 71.0 Å². The predicted octanol–water partition coefficient (Wildman–Crippen LogP) is 5.87. The van der Waals surface area contributed by atoms with E-state index in [4.69, 9.17) is 11.6 Å². The van der Waals surface area contributed by atoms with Crippen molar-refractivity contribution in [3.05, 3.63) is 94.5 Å². The molecule has 0 bridgehead atoms. The minimum atomic E-state index is -4.10. The normalized spacial score (nSPS) is 12.5. The zero-order valence-electron chi connectivity index (χ0n) is 23.9. The lowest BCUT2D eigenvalue weighted by Crippen LogP contribution is -2.55. The molecule has 0 aliphatic heterocycles. The Hall–Kier alpha value is -3.36. The highest BCUT2D eigenvalue weighted by molar-refractivity contribution is 7.92. The van der Waals surface area contributed by atoms with Gasteiger partial charge in [0.1, 0.15) is 12.6 Å². The van der Waals surface area contributed by atoms with Crippen molar-refractivity contribution in [3.63, 3.8) is 0 Å². The van der Waals surface area contributed by atoms with Gasteiger partial charge in [-0.05, 0) is 94.1 Å². The van der Waals surface area contributed by atoms with Crippen LogP contribution >= 0.6 is 11.6 Å². The number of amides is 2. The number of rotatable bonds is 10. The molecule has 7 nitrogen and oxygen atoms in total. The molecule has 0 spiro atoms. The van der Waals surface area contributed by atoms with E-state index < -0.39 is 34.1 Å². The number of benzene rings is 3. The lowest BCUT2D eigenvalue weighted by Gasteiger charge is -2.35. The number of sulfonamides is 1. The molecule has 40 heavy (non-hydrogen) atoms. The minimum absolute atomic E-state index is 0.0720. The first kappa shape index (κ1) is 31.2. The monoisotopic (exact) mass is 583 g/mol. The topological polar surface area (TPSA) is 86.8 Å². The number of hydrogen-bond donors (Lipinski definition) is 1. The van der Waals surface area contributed by atoms with E-state index in [1.165, 1.54) is 17.0 Å². The third-order valence-electron chi connectivity index (χ3n) is 6.54. The number of hydrogen-bond acceptors (Lipinski definition) is 4. The molecule has 0 heterocycles. The Morgan fingerprint density at radius 1 is 0.925 bits per heavy atom. The SMILES string of the molecule is CC[C@H](C(=O)NC(C)(C)C)N(Cc1ccc(Cl)cc1)C(=O)CN(c1ccc(C)c(C)c1)S(=O)(=O)c1ccccc1. The number of carbonyl (C=O) groups excluding carboxylic acids is 2. The Balaban J connectivity index is 2.08. The van der Waals surface area contributed by atoms with Gasteiger partial charge in [-0.1, -0.05) is 54.9 Å². The fourth-order valence-electron chi connectivity index (χ4n) is 4.29. The molecule has 0 aliphatic rings. The van der Waals surface area contributed by atoms with Crippen LogP contribution in [0.1, 0.15) is 50.8 Å². The Morgan fingerprint density at radius 3 is 2.10 bits per heavy atom. The smallest absolute Gasteiger partial charge is 0.264 e. The third-order valence-corrected chi connectivity index (χ3v) is 8.58. The molecule has 1 atom stereocenters. The summed E-state index contributed by atoms with van der Waals surface area (Å²) < 4.78 is 28.9. The van der Waals surface area contributed by atoms with Crippen LogP contribution in [0.5, 0.6) is 0 Å². The van der Waals surface area contributed by atoms with E-state index in [0.717, 1.165) is 21.0 Å². The Bertz CT molecular complexity index is 1440. The maximum Gasteiger partial charge on any atom is 0.264 e. The number of carbonyl (C=O) groups is 2. The van der Waals surface area contributed by atoms with E-state index in [1.54, 1.807) is 54.6 Å². The van der Waals surface area contributed by atoms with Gasteiger partial charge in [-0.25, -0.2) is 8.42 Å². The van der Waals surface area contributed by atoms with Crippen LogP contribution in [0, 0.1) is 13.8 Å². The fraction of sp³-hybridized carbons (Fsp3) is 0.355. The van der Waals surface area contributed by atoms with Crippen LogP contribution in [-0.4, -0.2) is 43.3 Å². The van der Waals surface area contributed by atoms with Crippen molar-refractivity contribution in [3.8, 4) is 0 Å². The molecular formula is C31H38ClN3O4S. The maximum atomic E-state index is 14.1. The molecule has 0 unspecified atom stereocenters. The molecule has 1 N–H and O–H groups in total. The average molecular weight is 584 g/mol. The molecular weight excluding hydrogens is 546 g/mol. The largest absolute Gasteiger partial charge is 0.350 e. The van der Waals surface area contributed by atoms with Gasteiger partial charge >= 0.3 is 0 Å². The van der Waals surface area contributed by atoms with Crippen LogP contribution < -0.4 is 9.62 Å². The van der Waals surface area contributed by atoms with Crippen LogP contribution in [-0.2, 0) is 26.2 Å². The number of nitrogens with one attached hydrogen (secondary N) is 1. The number of nitrogens with zero attached hydrogens (tertiary/aromatic N) is 2. The van der Waals surface area contributed by atoms with Crippen LogP contribution in [0.4, 0.5) is 5.69 Å². The van der Waals surface area contributed by atoms with Gasteiger partial charge in [-0.3, -0.25) is 13.9 Å². The van der Waals surface area contributed by atoms with Crippen LogP contribution in [0.3, 0.4) is 0 Å². The van der Waals surface area contributed by atoms with Gasteiger partial charge in [0, 0.05) is 17.1 Å². The van der Waals surface area contributed by atoms with E-state index in [2.05, 4.69) is 5.32 Å². The van der Waals surface area contributed by atoms with Crippen molar-refractivity contribution in [2.24, 2.45) is 0 Å². The fourth-order valence-corrected chi connectivity index (χ4v) is 5.84. The summed E-state index contributed by atoms with van der Waals surface area (Å²) in [5.41, 5.74) is 2.53. The van der Waals surface area contributed by atoms with Crippen molar-refractivity contribution in [2.75, 3.05) is 10.8 Å². The maximum absolute atomic E-state index is 14.1. The number of anilines is 1. The first-order valence-corrected chi connectivity index (χ1v) is 15.1. The summed E-state index contributed by atoms with van der Waals surface area (Å²) in [4.78, 5) is 29.0. The van der Waals surface area contributed by atoms with Crippen molar-refractivity contribution in [1.82, 2.24) is 10.2 Å². The van der Waals surface area contributed by atoms with E-state index >= 15 is 0 Å². The number of aryl methyl sites for hydroxylation is 2. The van der Waals surface area contributed by atoms with E-state index in [1.807, 2.05) is 47.6 Å². The summed E-state index contributed by atoms with van der Waals surface area (Å²) in [5.74, 6) is -0.801. The zero-order valence-corrected chi connectivity index (χ0v) is 25.5. The summed E-state index contributed by atoms with van der Waals surface area (Å²) in [6.45, 7) is 10.9. The number of halogens is 1. The highest BCUT2D eigenvalue weighted by Crippen LogP contribution is 2.27. The van der Waals surface area contributed by atoms with Crippen LogP contribution in [0.15, 0.2) is 77.7 Å². The molecule has 0 fully saturated rings. The summed E-state index contributed by atoms with van der Waals surface area (Å²) in [7, 11) is -4.10. The third kappa shape index (κ3) is 7.86. The Kier molecular flexibility index (Phi) is 10.0. The highest BCUT2D eigenvalue weighted by atomic mass is 35.5. The molecule has 0 saturated heterocycles. The highest BCUT2D eigenvalue weighted by Gasteiger charge is 2.34. The summed E-state index contributed by atoms with van der Waals surface area (Å²) in [6.07, 6.45) is 0.344. The van der Waals surface area contributed by atoms with Gasteiger partial charge in [-0.2, -0.15) is 0 Å². The van der Waals surface area contributed by atoms with Gasteiger partial charge in [0.05, 0.1) is 10.6 Å². The van der Waals surface area contributed by atoms with E-state index in [0.29, 0.717) is 17.1 Å². The second-order valence-electron chi connectivity index (χ2n) is 10.9. The zero-order chi connectivity index (χ0) is 29.7. The minimum Gasteiger partial charge on any atom is -0.350 e. The van der Waals surface area contributed by atoms with Gasteiger partial charge in [0.15, 0.2) is 0 Å². The molecule has 0 radical (unpaired) electrons. The van der Waals surface area contributed by atoms with Gasteiger partial charge in [-0.15, -0.1) is 0 Å². The Morgan fingerprint density at radius 2 is 1.55 bits per heavy atom. The summed E-state index contributed by atoms with van der Waals surface area (Å²) >= 11 is 6.07. The standard InChI is InChI=1S/C31H38ClN3O4S/c1-7-28(30(37)33-31(4,5)6)34(20-24-14-16-25(32)17-15-24)29(36)21-35(26-18-13-22(2)23(3)19-26)40(38,39)27-11-9-8-10-12-27/h8-19,28H,7,20-21H2,1-6H3,(H,33,37)/t28-/m1/s1. The van der Waals surface area contributed by atoms with Gasteiger partial charge in [0.2, 0.25) is 11.8 Å². The van der Waals surface area contributed by atoms with Crippen LogP contribution in [0.2, 0.25) is 5.02 Å². The van der Waals surface area contributed by atoms with E-state index in [9.17, 15) is 18.0 Å². The molecule has 0 aliphatic carbocycles. The molecule has 0 aromatic heterocycles. The van der Waals surface area contributed by atoms with Crippen LogP contribution in [0.25, 0.3) is 0 Å². The predicted molar refractivity (Wildman–Crippen MR) is 161 cm³/mol. The van der Waals surface area contributed by atoms with Gasteiger partial charge < -0.3 is 10.2 Å². The van der Waals surface area contributed by atoms with E-state index in [-0.39, 0.29) is 17.3 Å². The second kappa shape index (κ2) is 12.9. The lowest BCUT2D eigenvalue weighted by molar-refractivity contribution is -0.141. The molecule has 3 rings (SSSR count). The average Bonchev–Trinajstić information content (AvgIpc) is 2.89.